The lowest BCUT2D eigenvalue weighted by atomic mass is 9.97. The fourth-order valence-electron chi connectivity index (χ4n) is 3.22. The molecule has 1 aliphatic heterocycles. The summed E-state index contributed by atoms with van der Waals surface area (Å²) < 4.78 is 31.5. The number of anilines is 1. The molecule has 3 rings (SSSR count). The molecule has 1 aliphatic rings. The van der Waals surface area contributed by atoms with E-state index in [-0.39, 0.29) is 11.9 Å². The van der Waals surface area contributed by atoms with Crippen LogP contribution in [0.3, 0.4) is 0 Å². The van der Waals surface area contributed by atoms with Crippen LogP contribution in [0.15, 0.2) is 53.6 Å². The van der Waals surface area contributed by atoms with Gasteiger partial charge in [0.05, 0.1) is 30.3 Å². The fourth-order valence-corrected chi connectivity index (χ4v) is 3.80. The van der Waals surface area contributed by atoms with E-state index in [1.54, 1.807) is 18.2 Å². The maximum Gasteiger partial charge on any atom is 0.240 e. The molecule has 1 atom stereocenters. The van der Waals surface area contributed by atoms with Crippen LogP contribution in [0.5, 0.6) is 5.75 Å². The molecule has 0 bridgehead atoms. The van der Waals surface area contributed by atoms with Gasteiger partial charge in [0.25, 0.3) is 0 Å². The number of rotatable bonds is 6. The predicted molar refractivity (Wildman–Crippen MR) is 109 cm³/mol. The molecule has 28 heavy (non-hydrogen) atoms. The maximum absolute atomic E-state index is 12.2. The molecule has 0 radical (unpaired) electrons. The number of hydrogen-bond acceptors (Lipinski definition) is 5. The van der Waals surface area contributed by atoms with Crippen LogP contribution in [-0.2, 0) is 14.8 Å². The molecule has 0 spiro atoms. The monoisotopic (exact) mass is 401 g/mol. The zero-order valence-electron chi connectivity index (χ0n) is 16.0. The minimum Gasteiger partial charge on any atom is -0.494 e. The Bertz CT molecular complexity index is 1020. The second kappa shape index (κ2) is 8.02. The van der Waals surface area contributed by atoms with Gasteiger partial charge in [-0.05, 0) is 30.7 Å². The molecule has 0 aliphatic carbocycles. The normalized spacial score (nSPS) is 16.6. The molecule has 1 heterocycles. The molecule has 0 aromatic heterocycles. The molecule has 0 fully saturated rings. The van der Waals surface area contributed by atoms with Gasteiger partial charge in [-0.3, -0.25) is 9.52 Å². The standard InChI is InChI=1S/C20H23N3O4S/c1-4-27-16-9-7-8-15(12-16)20-13-19(21-23(20)14(2)24)17-10-5-6-11-18(17)22-28(3,25)26/h5-12,20,22H,4,13H2,1-3H3/t20-/m1/s1. The van der Waals surface area contributed by atoms with Crippen molar-refractivity contribution in [2.75, 3.05) is 17.6 Å². The van der Waals surface area contributed by atoms with E-state index in [9.17, 15) is 13.2 Å². The average Bonchev–Trinajstić information content (AvgIpc) is 3.07. The Kier molecular flexibility index (Phi) is 5.69. The predicted octanol–water partition coefficient (Wildman–Crippen LogP) is 3.15. The number of carbonyl (C=O) groups is 1. The molecule has 0 unspecified atom stereocenters. The number of ether oxygens (including phenoxy) is 1. The lowest BCUT2D eigenvalue weighted by molar-refractivity contribution is -0.130. The third kappa shape index (κ3) is 4.51. The first kappa shape index (κ1) is 19.9. The van der Waals surface area contributed by atoms with Crippen molar-refractivity contribution in [3.8, 4) is 5.75 Å². The van der Waals surface area contributed by atoms with Crippen LogP contribution in [0.25, 0.3) is 0 Å². The largest absolute Gasteiger partial charge is 0.494 e. The molecule has 1 N–H and O–H groups in total. The van der Waals surface area contributed by atoms with Crippen molar-refractivity contribution in [1.29, 1.82) is 0 Å². The number of benzene rings is 2. The molecule has 7 nitrogen and oxygen atoms in total. The lowest BCUT2D eigenvalue weighted by Gasteiger charge is -2.21. The van der Waals surface area contributed by atoms with Gasteiger partial charge in [-0.15, -0.1) is 0 Å². The Morgan fingerprint density at radius 2 is 2.00 bits per heavy atom. The third-order valence-electron chi connectivity index (χ3n) is 4.32. The fraction of sp³-hybridized carbons (Fsp3) is 0.300. The molecule has 0 saturated carbocycles. The first-order valence-electron chi connectivity index (χ1n) is 8.95. The summed E-state index contributed by atoms with van der Waals surface area (Å²) in [6.07, 6.45) is 1.57. The van der Waals surface area contributed by atoms with E-state index in [4.69, 9.17) is 4.74 Å². The summed E-state index contributed by atoms with van der Waals surface area (Å²) in [4.78, 5) is 12.2. The van der Waals surface area contributed by atoms with Gasteiger partial charge in [0.2, 0.25) is 15.9 Å². The van der Waals surface area contributed by atoms with E-state index in [1.807, 2.05) is 37.3 Å². The first-order valence-corrected chi connectivity index (χ1v) is 10.8. The van der Waals surface area contributed by atoms with Crippen molar-refractivity contribution in [2.24, 2.45) is 5.10 Å². The Labute approximate surface area is 165 Å². The number of nitrogens with one attached hydrogen (secondary N) is 1. The molecular weight excluding hydrogens is 378 g/mol. The zero-order valence-corrected chi connectivity index (χ0v) is 16.9. The van der Waals surface area contributed by atoms with Gasteiger partial charge in [-0.1, -0.05) is 30.3 Å². The van der Waals surface area contributed by atoms with Gasteiger partial charge >= 0.3 is 0 Å². The van der Waals surface area contributed by atoms with Gasteiger partial charge in [-0.2, -0.15) is 5.10 Å². The summed E-state index contributed by atoms with van der Waals surface area (Å²) in [6.45, 7) is 3.93. The zero-order chi connectivity index (χ0) is 20.3. The van der Waals surface area contributed by atoms with Crippen LogP contribution in [0.2, 0.25) is 0 Å². The summed E-state index contributed by atoms with van der Waals surface area (Å²) in [7, 11) is -3.44. The van der Waals surface area contributed by atoms with Gasteiger partial charge in [0.1, 0.15) is 5.75 Å². The van der Waals surface area contributed by atoms with Crippen molar-refractivity contribution in [3.63, 3.8) is 0 Å². The van der Waals surface area contributed by atoms with Crippen molar-refractivity contribution in [3.05, 3.63) is 59.7 Å². The Morgan fingerprint density at radius 3 is 2.68 bits per heavy atom. The molecule has 1 amide bonds. The summed E-state index contributed by atoms with van der Waals surface area (Å²) in [5, 5.41) is 5.95. The molecule has 148 valence electrons. The number of nitrogens with zero attached hydrogens (tertiary/aromatic N) is 2. The van der Waals surface area contributed by atoms with Gasteiger partial charge < -0.3 is 4.74 Å². The second-order valence-corrected chi connectivity index (χ2v) is 8.30. The van der Waals surface area contributed by atoms with Crippen molar-refractivity contribution in [1.82, 2.24) is 5.01 Å². The highest BCUT2D eigenvalue weighted by Gasteiger charge is 2.32. The first-order chi connectivity index (χ1) is 13.3. The number of para-hydroxylation sites is 1. The van der Waals surface area contributed by atoms with E-state index in [2.05, 4.69) is 9.82 Å². The van der Waals surface area contributed by atoms with Crippen molar-refractivity contribution in [2.45, 2.75) is 26.3 Å². The minimum absolute atomic E-state index is 0.185. The van der Waals surface area contributed by atoms with Crippen LogP contribution in [-0.4, -0.2) is 37.9 Å². The molecule has 0 saturated heterocycles. The van der Waals surface area contributed by atoms with Gasteiger partial charge in [-0.25, -0.2) is 13.4 Å². The van der Waals surface area contributed by atoms with E-state index in [1.165, 1.54) is 11.9 Å². The lowest BCUT2D eigenvalue weighted by Crippen LogP contribution is -2.24. The van der Waals surface area contributed by atoms with Gasteiger partial charge in [0, 0.05) is 18.9 Å². The van der Waals surface area contributed by atoms with Crippen LogP contribution in [0.4, 0.5) is 5.69 Å². The third-order valence-corrected chi connectivity index (χ3v) is 4.91. The van der Waals surface area contributed by atoms with Crippen LogP contribution < -0.4 is 9.46 Å². The summed E-state index contributed by atoms with van der Waals surface area (Å²) in [5.41, 5.74) is 2.65. The summed E-state index contributed by atoms with van der Waals surface area (Å²) in [5.74, 6) is 0.548. The highest BCUT2D eigenvalue weighted by Crippen LogP contribution is 2.35. The van der Waals surface area contributed by atoms with E-state index in [0.29, 0.717) is 30.0 Å². The summed E-state index contributed by atoms with van der Waals surface area (Å²) in [6, 6.07) is 14.3. The minimum atomic E-state index is -3.44. The average molecular weight is 401 g/mol. The number of carbonyl (C=O) groups excluding carboxylic acids is 1. The maximum atomic E-state index is 12.2. The van der Waals surface area contributed by atoms with Crippen LogP contribution in [0.1, 0.15) is 37.4 Å². The van der Waals surface area contributed by atoms with E-state index >= 15 is 0 Å². The molecule has 2 aromatic carbocycles. The van der Waals surface area contributed by atoms with Crippen LogP contribution in [0, 0.1) is 0 Å². The Morgan fingerprint density at radius 1 is 1.25 bits per heavy atom. The molecular formula is C20H23N3O4S. The van der Waals surface area contributed by atoms with E-state index in [0.717, 1.165) is 17.6 Å². The second-order valence-electron chi connectivity index (χ2n) is 6.56. The number of hydrazone groups is 1. The van der Waals surface area contributed by atoms with Crippen molar-refractivity contribution < 1.29 is 17.9 Å². The SMILES string of the molecule is CCOc1cccc([C@H]2CC(c3ccccc3NS(C)(=O)=O)=NN2C(C)=O)c1. The highest BCUT2D eigenvalue weighted by atomic mass is 32.2. The van der Waals surface area contributed by atoms with Gasteiger partial charge in [0.15, 0.2) is 0 Å². The number of amides is 1. The molecule has 8 heteroatoms. The number of sulfonamides is 1. The quantitative estimate of drug-likeness (QED) is 0.805. The van der Waals surface area contributed by atoms with Crippen molar-refractivity contribution >= 4 is 27.3 Å². The molecule has 2 aromatic rings. The summed E-state index contributed by atoms with van der Waals surface area (Å²) >= 11 is 0. The smallest absolute Gasteiger partial charge is 0.240 e. The Balaban J connectivity index is 1.97. The highest BCUT2D eigenvalue weighted by molar-refractivity contribution is 7.92. The topological polar surface area (TPSA) is 88.1 Å². The number of hydrogen-bond donors (Lipinski definition) is 1. The van der Waals surface area contributed by atoms with Crippen LogP contribution >= 0.6 is 0 Å². The Hall–Kier alpha value is -2.87. The van der Waals surface area contributed by atoms with E-state index < -0.39 is 10.0 Å².